The van der Waals surface area contributed by atoms with Gasteiger partial charge in [-0.15, -0.1) is 5.10 Å². The Morgan fingerprint density at radius 1 is 1.10 bits per heavy atom. The fraction of sp³-hybridized carbons (Fsp3) is 0.273. The van der Waals surface area contributed by atoms with E-state index in [-0.39, 0.29) is 22.9 Å². The maximum Gasteiger partial charge on any atom is 0.176 e. The van der Waals surface area contributed by atoms with Crippen LogP contribution >= 0.6 is 15.9 Å². The molecule has 4 nitrogen and oxygen atoms in total. The van der Waals surface area contributed by atoms with E-state index in [1.165, 1.54) is 24.4 Å². The van der Waals surface area contributed by atoms with E-state index in [2.05, 4.69) is 31.1 Å². The molecule has 2 bridgehead atoms. The maximum atomic E-state index is 15.2. The lowest BCUT2D eigenvalue weighted by molar-refractivity contribution is 0.261. The Morgan fingerprint density at radius 2 is 1.80 bits per heavy atom. The fourth-order valence-electron chi connectivity index (χ4n) is 4.96. The van der Waals surface area contributed by atoms with E-state index >= 15 is 4.39 Å². The summed E-state index contributed by atoms with van der Waals surface area (Å²) in [5.74, 6) is -1.91. The SMILES string of the molecule is N#Cc1ncc(Br)c(C23CCC(CC2)c2cc(-c4c(F)cccc4F)nnc23)c1F. The zero-order valence-electron chi connectivity index (χ0n) is 15.6. The van der Waals surface area contributed by atoms with Crippen molar-refractivity contribution in [2.45, 2.75) is 37.0 Å². The van der Waals surface area contributed by atoms with Gasteiger partial charge in [0.05, 0.1) is 17.0 Å². The van der Waals surface area contributed by atoms with Crippen LogP contribution in [0.1, 0.15) is 54.1 Å². The zero-order valence-corrected chi connectivity index (χ0v) is 17.2. The highest BCUT2D eigenvalue weighted by molar-refractivity contribution is 9.10. The number of benzene rings is 1. The van der Waals surface area contributed by atoms with Crippen molar-refractivity contribution < 1.29 is 13.2 Å². The number of hydrogen-bond donors (Lipinski definition) is 0. The van der Waals surface area contributed by atoms with Crippen molar-refractivity contribution in [1.29, 1.82) is 5.26 Å². The van der Waals surface area contributed by atoms with Crippen molar-refractivity contribution >= 4 is 15.9 Å². The van der Waals surface area contributed by atoms with Gasteiger partial charge in [-0.3, -0.25) is 0 Å². The molecule has 0 amide bonds. The third kappa shape index (κ3) is 2.61. The largest absolute Gasteiger partial charge is 0.241 e. The Hall–Kier alpha value is -2.79. The van der Waals surface area contributed by atoms with Crippen molar-refractivity contribution in [3.05, 3.63) is 74.9 Å². The van der Waals surface area contributed by atoms with Crippen LogP contribution in [-0.2, 0) is 5.41 Å². The number of nitrogens with zero attached hydrogens (tertiary/aromatic N) is 4. The number of nitriles is 1. The molecule has 0 spiro atoms. The number of rotatable bonds is 2. The lowest BCUT2D eigenvalue weighted by atomic mass is 9.57. The molecule has 0 aliphatic heterocycles. The van der Waals surface area contributed by atoms with Gasteiger partial charge < -0.3 is 0 Å². The molecule has 8 heteroatoms. The van der Waals surface area contributed by atoms with Gasteiger partial charge in [0.2, 0.25) is 0 Å². The number of halogens is 4. The molecule has 1 fully saturated rings. The van der Waals surface area contributed by atoms with Crippen LogP contribution in [0.3, 0.4) is 0 Å². The fourth-order valence-corrected chi connectivity index (χ4v) is 5.62. The third-order valence-electron chi connectivity index (χ3n) is 6.33. The maximum absolute atomic E-state index is 15.2. The Kier molecular flexibility index (Phi) is 4.40. The van der Waals surface area contributed by atoms with E-state index in [4.69, 9.17) is 0 Å². The molecule has 30 heavy (non-hydrogen) atoms. The second-order valence-corrected chi connectivity index (χ2v) is 8.60. The molecule has 2 heterocycles. The highest BCUT2D eigenvalue weighted by Gasteiger charge is 2.50. The van der Waals surface area contributed by atoms with Crippen LogP contribution in [0.2, 0.25) is 0 Å². The summed E-state index contributed by atoms with van der Waals surface area (Å²) in [7, 11) is 0. The minimum absolute atomic E-state index is 0.124. The predicted molar refractivity (Wildman–Crippen MR) is 106 cm³/mol. The van der Waals surface area contributed by atoms with Gasteiger partial charge in [0.25, 0.3) is 0 Å². The van der Waals surface area contributed by atoms with Crippen LogP contribution < -0.4 is 0 Å². The molecule has 0 radical (unpaired) electrons. The van der Waals surface area contributed by atoms with Crippen molar-refractivity contribution in [3.63, 3.8) is 0 Å². The zero-order chi connectivity index (χ0) is 21.0. The lowest BCUT2D eigenvalue weighted by Gasteiger charge is -2.47. The molecule has 0 unspecified atom stereocenters. The van der Waals surface area contributed by atoms with Gasteiger partial charge >= 0.3 is 0 Å². The van der Waals surface area contributed by atoms with Crippen LogP contribution in [0, 0.1) is 28.8 Å². The van der Waals surface area contributed by atoms with E-state index in [0.29, 0.717) is 28.6 Å². The second kappa shape index (κ2) is 6.88. The van der Waals surface area contributed by atoms with Crippen molar-refractivity contribution in [3.8, 4) is 17.3 Å². The number of pyridine rings is 1. The van der Waals surface area contributed by atoms with Gasteiger partial charge in [0, 0.05) is 21.6 Å². The second-order valence-electron chi connectivity index (χ2n) is 7.74. The Labute approximate surface area is 178 Å². The molecule has 3 aromatic rings. The first-order valence-corrected chi connectivity index (χ1v) is 10.3. The first-order valence-electron chi connectivity index (χ1n) is 9.53. The summed E-state index contributed by atoms with van der Waals surface area (Å²) in [4.78, 5) is 3.86. The van der Waals surface area contributed by atoms with Gasteiger partial charge in [0.1, 0.15) is 17.7 Å². The van der Waals surface area contributed by atoms with Gasteiger partial charge in [-0.25, -0.2) is 18.2 Å². The van der Waals surface area contributed by atoms with E-state index < -0.39 is 22.9 Å². The molecule has 0 saturated heterocycles. The molecule has 3 aliphatic rings. The summed E-state index contributed by atoms with van der Waals surface area (Å²) in [6, 6.07) is 7.14. The smallest absolute Gasteiger partial charge is 0.176 e. The average Bonchev–Trinajstić information content (AvgIpc) is 2.74. The Morgan fingerprint density at radius 3 is 2.47 bits per heavy atom. The molecule has 1 aromatic carbocycles. The summed E-state index contributed by atoms with van der Waals surface area (Å²) in [5, 5.41) is 17.7. The van der Waals surface area contributed by atoms with Crippen molar-refractivity contribution in [2.75, 3.05) is 0 Å². The molecule has 6 rings (SSSR count). The number of aromatic nitrogens is 3. The van der Waals surface area contributed by atoms with Gasteiger partial charge in [-0.1, -0.05) is 6.07 Å². The highest BCUT2D eigenvalue weighted by atomic mass is 79.9. The minimum atomic E-state index is -0.763. The van der Waals surface area contributed by atoms with Gasteiger partial charge in [0.15, 0.2) is 11.5 Å². The molecular formula is C22H14BrF3N4. The predicted octanol–water partition coefficient (Wildman–Crippen LogP) is 5.55. The molecule has 150 valence electrons. The summed E-state index contributed by atoms with van der Waals surface area (Å²) in [6.45, 7) is 0. The summed E-state index contributed by atoms with van der Waals surface area (Å²) >= 11 is 3.40. The van der Waals surface area contributed by atoms with Crippen LogP contribution in [0.25, 0.3) is 11.3 Å². The summed E-state index contributed by atoms with van der Waals surface area (Å²) in [6.07, 6.45) is 4.30. The van der Waals surface area contributed by atoms with E-state index in [0.717, 1.165) is 18.4 Å². The van der Waals surface area contributed by atoms with Gasteiger partial charge in [-0.2, -0.15) is 10.4 Å². The molecular weight excluding hydrogens is 457 g/mol. The Bertz CT molecular complexity index is 1210. The number of hydrogen-bond acceptors (Lipinski definition) is 4. The monoisotopic (exact) mass is 470 g/mol. The first kappa shape index (κ1) is 19.2. The average molecular weight is 471 g/mol. The third-order valence-corrected chi connectivity index (χ3v) is 6.93. The summed E-state index contributed by atoms with van der Waals surface area (Å²) in [5.41, 5.74) is 0.677. The minimum Gasteiger partial charge on any atom is -0.241 e. The first-order chi connectivity index (χ1) is 14.5. The molecule has 2 aromatic heterocycles. The molecule has 0 N–H and O–H groups in total. The molecule has 3 aliphatic carbocycles. The van der Waals surface area contributed by atoms with Crippen LogP contribution in [0.5, 0.6) is 0 Å². The summed E-state index contributed by atoms with van der Waals surface area (Å²) < 4.78 is 44.3. The van der Waals surface area contributed by atoms with Gasteiger partial charge in [-0.05, 0) is 71.3 Å². The highest BCUT2D eigenvalue weighted by Crippen LogP contribution is 2.57. The van der Waals surface area contributed by atoms with Crippen LogP contribution in [0.15, 0.2) is 34.9 Å². The Balaban J connectivity index is 1.73. The van der Waals surface area contributed by atoms with Crippen LogP contribution in [-0.4, -0.2) is 15.2 Å². The van der Waals surface area contributed by atoms with E-state index in [1.54, 1.807) is 12.1 Å². The standard InChI is InChI=1S/C22H14BrF3N4/c23-13-10-28-17(9-27)20(26)19(13)22-6-4-11(5-7-22)12-8-16(29-30-21(12)22)18-14(24)2-1-3-15(18)25/h1-3,8,10-11H,4-7H2. The lowest BCUT2D eigenvalue weighted by Crippen LogP contribution is -2.41. The number of fused-ring (bicyclic) bond motifs is 2. The van der Waals surface area contributed by atoms with E-state index in [1.807, 2.05) is 0 Å². The quantitative estimate of drug-likeness (QED) is 0.492. The van der Waals surface area contributed by atoms with Crippen molar-refractivity contribution in [1.82, 2.24) is 15.2 Å². The van der Waals surface area contributed by atoms with Crippen LogP contribution in [0.4, 0.5) is 13.2 Å². The molecule has 0 atom stereocenters. The van der Waals surface area contributed by atoms with E-state index in [9.17, 15) is 14.0 Å². The topological polar surface area (TPSA) is 62.5 Å². The van der Waals surface area contributed by atoms with Crippen molar-refractivity contribution in [2.24, 2.45) is 0 Å². The molecule has 1 saturated carbocycles. The normalized spacial score (nSPS) is 21.9.